The minimum Gasteiger partial charge on any atom is -0.427 e. The van der Waals surface area contributed by atoms with Crippen LogP contribution in [0.15, 0.2) is 84.9 Å². The van der Waals surface area contributed by atoms with Gasteiger partial charge >= 0.3 is 30.2 Å². The largest absolute Gasteiger partial charge is 0.517 e. The number of carbonyl (C=O) groups excluding carboxylic acids is 4. The van der Waals surface area contributed by atoms with Crippen molar-refractivity contribution in [1.29, 1.82) is 0 Å². The van der Waals surface area contributed by atoms with Crippen LogP contribution in [-0.2, 0) is 14.3 Å². The molecule has 4 aromatic carbocycles. The molecule has 55 heavy (non-hydrogen) atoms. The van der Waals surface area contributed by atoms with Crippen molar-refractivity contribution < 1.29 is 51.3 Å². The third-order valence-corrected chi connectivity index (χ3v) is 9.13. The van der Waals surface area contributed by atoms with E-state index in [0.29, 0.717) is 35.1 Å². The lowest BCUT2D eigenvalue weighted by Gasteiger charge is -2.19. The number of halogens is 3. The number of benzene rings is 4. The molecule has 0 radical (unpaired) electrons. The fraction of sp³-hybridized carbons (Fsp3) is 0.409. The summed E-state index contributed by atoms with van der Waals surface area (Å²) in [6, 6.07) is 23.0. The van der Waals surface area contributed by atoms with Crippen LogP contribution in [0.5, 0.6) is 11.5 Å². The summed E-state index contributed by atoms with van der Waals surface area (Å²) in [7, 11) is 0. The number of fused-ring (bicyclic) bond motifs is 1. The number of carbonyl (C=O) groups is 4. The molecule has 1 atom stereocenters. The van der Waals surface area contributed by atoms with Gasteiger partial charge in [-0.05, 0) is 89.7 Å². The smallest absolute Gasteiger partial charge is 0.427 e. The Labute approximate surface area is 320 Å². The highest BCUT2D eigenvalue weighted by atomic mass is 19.4. The summed E-state index contributed by atoms with van der Waals surface area (Å²) in [5, 5.41) is 1.08. The highest BCUT2D eigenvalue weighted by Gasteiger charge is 2.43. The van der Waals surface area contributed by atoms with Crippen LogP contribution in [0.3, 0.4) is 0 Å². The summed E-state index contributed by atoms with van der Waals surface area (Å²) in [4.78, 5) is 49.9. The Morgan fingerprint density at radius 3 is 1.56 bits per heavy atom. The standard InChI is InChI=1S/C44H49F3O8/c1-3-5-7-9-10-11-12-14-16-40(48)52-37-25-21-31(22-26-37)32-23-27-38(28-24-32)53-41(49)35-19-17-34-30-36(20-18-33(34)29-35)42(50)55-43(51)54-39(44(45,46)47)15-13-8-6-4-2/h17-30,39H,3-16H2,1-2H3. The van der Waals surface area contributed by atoms with Crippen molar-refractivity contribution in [3.63, 3.8) is 0 Å². The minimum absolute atomic E-state index is 0.0869. The van der Waals surface area contributed by atoms with E-state index in [-0.39, 0.29) is 23.5 Å². The fourth-order valence-corrected chi connectivity index (χ4v) is 6.00. The summed E-state index contributed by atoms with van der Waals surface area (Å²) in [5.74, 6) is -1.23. The molecule has 8 nitrogen and oxygen atoms in total. The summed E-state index contributed by atoms with van der Waals surface area (Å²) in [6.45, 7) is 4.12. The molecule has 0 aliphatic rings. The highest BCUT2D eigenvalue weighted by molar-refractivity contribution is 6.01. The van der Waals surface area contributed by atoms with E-state index in [9.17, 15) is 32.3 Å². The summed E-state index contributed by atoms with van der Waals surface area (Å²) >= 11 is 0. The molecular formula is C44H49F3O8. The summed E-state index contributed by atoms with van der Waals surface area (Å²) in [6.07, 6.45) is 2.69. The first kappa shape index (κ1) is 42.6. The lowest BCUT2D eigenvalue weighted by molar-refractivity contribution is -0.209. The molecule has 4 aromatic rings. The Morgan fingerprint density at radius 2 is 1.04 bits per heavy atom. The Morgan fingerprint density at radius 1 is 0.564 bits per heavy atom. The Hall–Kier alpha value is -5.19. The van der Waals surface area contributed by atoms with Gasteiger partial charge < -0.3 is 18.9 Å². The van der Waals surface area contributed by atoms with Gasteiger partial charge in [0, 0.05) is 6.42 Å². The highest BCUT2D eigenvalue weighted by Crippen LogP contribution is 2.29. The molecule has 0 N–H and O–H groups in total. The minimum atomic E-state index is -4.79. The van der Waals surface area contributed by atoms with E-state index < -0.39 is 36.8 Å². The molecule has 4 rings (SSSR count). The maximum absolute atomic E-state index is 13.4. The normalized spacial score (nSPS) is 11.9. The van der Waals surface area contributed by atoms with E-state index in [0.717, 1.165) is 43.2 Å². The number of hydrogen-bond donors (Lipinski definition) is 0. The van der Waals surface area contributed by atoms with Crippen molar-refractivity contribution in [1.82, 2.24) is 0 Å². The van der Waals surface area contributed by atoms with Gasteiger partial charge in [0.1, 0.15) is 11.5 Å². The van der Waals surface area contributed by atoms with Gasteiger partial charge in [-0.3, -0.25) is 4.79 Å². The summed E-state index contributed by atoms with van der Waals surface area (Å²) < 4.78 is 60.2. The zero-order valence-corrected chi connectivity index (χ0v) is 31.5. The molecule has 0 spiro atoms. The lowest BCUT2D eigenvalue weighted by atomic mass is 10.0. The van der Waals surface area contributed by atoms with Crippen LogP contribution in [0.1, 0.15) is 124 Å². The molecule has 0 saturated carbocycles. The number of unbranched alkanes of at least 4 members (excludes halogenated alkanes) is 10. The quantitative estimate of drug-likeness (QED) is 0.0379. The van der Waals surface area contributed by atoms with E-state index in [1.54, 1.807) is 48.5 Å². The van der Waals surface area contributed by atoms with Gasteiger partial charge in [0.25, 0.3) is 0 Å². The van der Waals surface area contributed by atoms with E-state index in [4.69, 9.17) is 9.47 Å². The maximum atomic E-state index is 13.4. The predicted molar refractivity (Wildman–Crippen MR) is 204 cm³/mol. The number of rotatable bonds is 20. The van der Waals surface area contributed by atoms with Gasteiger partial charge in [0.2, 0.25) is 6.10 Å². The van der Waals surface area contributed by atoms with Crippen LogP contribution in [0, 0.1) is 0 Å². The molecule has 0 heterocycles. The summed E-state index contributed by atoms with van der Waals surface area (Å²) in [5.41, 5.74) is 1.91. The zero-order chi connectivity index (χ0) is 39.6. The molecule has 294 valence electrons. The molecule has 11 heteroatoms. The lowest BCUT2D eigenvalue weighted by Crippen LogP contribution is -2.34. The second-order valence-electron chi connectivity index (χ2n) is 13.6. The second-order valence-corrected chi connectivity index (χ2v) is 13.6. The molecule has 0 aliphatic heterocycles. The van der Waals surface area contributed by atoms with Crippen LogP contribution in [0.2, 0.25) is 0 Å². The first-order valence-electron chi connectivity index (χ1n) is 19.1. The molecule has 0 bridgehead atoms. The third-order valence-electron chi connectivity index (χ3n) is 9.13. The molecule has 0 aliphatic carbocycles. The van der Waals surface area contributed by atoms with Crippen LogP contribution < -0.4 is 9.47 Å². The average Bonchev–Trinajstić information content (AvgIpc) is 3.16. The molecule has 0 fully saturated rings. The van der Waals surface area contributed by atoms with Crippen molar-refractivity contribution in [2.45, 2.75) is 116 Å². The zero-order valence-electron chi connectivity index (χ0n) is 31.5. The van der Waals surface area contributed by atoms with Gasteiger partial charge in [-0.25, -0.2) is 14.4 Å². The Bertz CT molecular complexity index is 1850. The second kappa shape index (κ2) is 21.6. The molecular weight excluding hydrogens is 713 g/mol. The van der Waals surface area contributed by atoms with E-state index in [2.05, 4.69) is 16.4 Å². The Balaban J connectivity index is 1.25. The molecule has 0 saturated heterocycles. The van der Waals surface area contributed by atoms with Gasteiger partial charge in [-0.1, -0.05) is 114 Å². The Kier molecular flexibility index (Phi) is 16.7. The van der Waals surface area contributed by atoms with Crippen molar-refractivity contribution in [3.8, 4) is 22.6 Å². The van der Waals surface area contributed by atoms with Gasteiger partial charge in [-0.2, -0.15) is 13.2 Å². The van der Waals surface area contributed by atoms with Crippen molar-refractivity contribution >= 4 is 34.8 Å². The van der Waals surface area contributed by atoms with Crippen LogP contribution >= 0.6 is 0 Å². The van der Waals surface area contributed by atoms with Crippen LogP contribution in [0.25, 0.3) is 21.9 Å². The molecule has 1 unspecified atom stereocenters. The van der Waals surface area contributed by atoms with Gasteiger partial charge in [0.15, 0.2) is 0 Å². The number of esters is 3. The van der Waals surface area contributed by atoms with Crippen LogP contribution in [-0.4, -0.2) is 36.3 Å². The van der Waals surface area contributed by atoms with Crippen molar-refractivity contribution in [3.05, 3.63) is 96.1 Å². The topological polar surface area (TPSA) is 105 Å². The number of alkyl halides is 3. The number of hydrogen-bond acceptors (Lipinski definition) is 8. The van der Waals surface area contributed by atoms with Crippen molar-refractivity contribution in [2.75, 3.05) is 0 Å². The monoisotopic (exact) mass is 762 g/mol. The number of ether oxygens (including phenoxy) is 4. The third kappa shape index (κ3) is 14.2. The molecule has 0 aromatic heterocycles. The van der Waals surface area contributed by atoms with Crippen LogP contribution in [0.4, 0.5) is 18.0 Å². The van der Waals surface area contributed by atoms with E-state index in [1.807, 2.05) is 19.1 Å². The average molecular weight is 763 g/mol. The van der Waals surface area contributed by atoms with Gasteiger partial charge in [-0.15, -0.1) is 0 Å². The van der Waals surface area contributed by atoms with Gasteiger partial charge in [0.05, 0.1) is 11.1 Å². The SMILES string of the molecule is CCCCCCCCCCC(=O)Oc1ccc(-c2ccc(OC(=O)c3ccc4cc(C(=O)OC(=O)OC(CCCCCC)C(F)(F)F)ccc4c3)cc2)cc1. The molecule has 0 amide bonds. The first-order valence-corrected chi connectivity index (χ1v) is 19.1. The predicted octanol–water partition coefficient (Wildman–Crippen LogP) is 12.4. The van der Waals surface area contributed by atoms with Crippen molar-refractivity contribution in [2.24, 2.45) is 0 Å². The van der Waals surface area contributed by atoms with E-state index >= 15 is 0 Å². The fourth-order valence-electron chi connectivity index (χ4n) is 6.00. The maximum Gasteiger partial charge on any atom is 0.517 e. The van der Waals surface area contributed by atoms with E-state index in [1.165, 1.54) is 56.4 Å². The first-order chi connectivity index (χ1) is 26.5.